The van der Waals surface area contributed by atoms with Gasteiger partial charge in [0.2, 0.25) is 0 Å². The van der Waals surface area contributed by atoms with Crippen molar-refractivity contribution in [2.45, 2.75) is 6.04 Å². The fraction of sp³-hybridized carbons (Fsp3) is 0.500. The van der Waals surface area contributed by atoms with Crippen LogP contribution in [-0.4, -0.2) is 34.0 Å². The second-order valence-corrected chi connectivity index (χ2v) is 3.73. The average Bonchev–Trinajstić information content (AvgIpc) is 2.39. The molecule has 0 amide bonds. The molecule has 0 aromatic heterocycles. The summed E-state index contributed by atoms with van der Waals surface area (Å²) >= 11 is 0. The van der Waals surface area contributed by atoms with E-state index in [1.807, 2.05) is 18.2 Å². The van der Waals surface area contributed by atoms with Crippen molar-refractivity contribution in [1.82, 2.24) is 5.32 Å². The van der Waals surface area contributed by atoms with Crippen LogP contribution in [0.1, 0.15) is 11.6 Å². The Morgan fingerprint density at radius 3 is 2.38 bits per heavy atom. The minimum atomic E-state index is 0.220. The Morgan fingerprint density at radius 1 is 1.19 bits per heavy atom. The van der Waals surface area contributed by atoms with Gasteiger partial charge in [0, 0.05) is 12.6 Å². The summed E-state index contributed by atoms with van der Waals surface area (Å²) < 4.78 is 15.9. The Morgan fingerprint density at radius 2 is 1.88 bits per heavy atom. The number of methoxy groups -OCH3 is 2. The molecule has 88 valence electrons. The first kappa shape index (κ1) is 11.2. The van der Waals surface area contributed by atoms with E-state index < -0.39 is 0 Å². The van der Waals surface area contributed by atoms with Crippen LogP contribution in [0, 0.1) is 0 Å². The van der Waals surface area contributed by atoms with Crippen LogP contribution >= 0.6 is 0 Å². The molecule has 1 aliphatic rings. The Kier molecular flexibility index (Phi) is 3.64. The van der Waals surface area contributed by atoms with Crippen LogP contribution in [0.4, 0.5) is 0 Å². The van der Waals surface area contributed by atoms with Crippen molar-refractivity contribution in [2.24, 2.45) is 0 Å². The first-order valence-corrected chi connectivity index (χ1v) is 5.37. The summed E-state index contributed by atoms with van der Waals surface area (Å²) in [5, 5.41) is 3.40. The number of benzene rings is 1. The van der Waals surface area contributed by atoms with Crippen LogP contribution in [0.5, 0.6) is 11.5 Å². The van der Waals surface area contributed by atoms with Gasteiger partial charge < -0.3 is 19.5 Å². The number of rotatable bonds is 3. The molecule has 1 saturated heterocycles. The molecule has 1 fully saturated rings. The largest absolute Gasteiger partial charge is 0.497 e. The summed E-state index contributed by atoms with van der Waals surface area (Å²) in [5.74, 6) is 1.61. The van der Waals surface area contributed by atoms with Gasteiger partial charge in [0.1, 0.15) is 11.5 Å². The van der Waals surface area contributed by atoms with Crippen molar-refractivity contribution in [2.75, 3.05) is 34.0 Å². The first-order chi connectivity index (χ1) is 7.83. The van der Waals surface area contributed by atoms with E-state index >= 15 is 0 Å². The lowest BCUT2D eigenvalue weighted by molar-refractivity contribution is 0.0767. The van der Waals surface area contributed by atoms with Crippen molar-refractivity contribution in [3.63, 3.8) is 0 Å². The highest BCUT2D eigenvalue weighted by Gasteiger charge is 2.16. The Labute approximate surface area is 95.5 Å². The number of hydrogen-bond donors (Lipinski definition) is 1. The third-order valence-corrected chi connectivity index (χ3v) is 2.70. The van der Waals surface area contributed by atoms with Gasteiger partial charge in [-0.05, 0) is 17.7 Å². The van der Waals surface area contributed by atoms with Gasteiger partial charge >= 0.3 is 0 Å². The molecule has 1 aromatic carbocycles. The number of morpholine rings is 1. The summed E-state index contributed by atoms with van der Waals surface area (Å²) in [6.45, 7) is 2.35. The molecule has 0 saturated carbocycles. The maximum atomic E-state index is 5.44. The molecular formula is C12H17NO3. The van der Waals surface area contributed by atoms with E-state index in [-0.39, 0.29) is 6.04 Å². The Bertz CT molecular complexity index is 326. The van der Waals surface area contributed by atoms with E-state index in [1.54, 1.807) is 14.2 Å². The van der Waals surface area contributed by atoms with Gasteiger partial charge in [-0.25, -0.2) is 0 Å². The molecule has 16 heavy (non-hydrogen) atoms. The molecule has 2 rings (SSSR count). The topological polar surface area (TPSA) is 39.7 Å². The molecular weight excluding hydrogens is 206 g/mol. The van der Waals surface area contributed by atoms with Crippen LogP contribution in [-0.2, 0) is 4.74 Å². The van der Waals surface area contributed by atoms with E-state index in [1.165, 1.54) is 0 Å². The lowest BCUT2D eigenvalue weighted by atomic mass is 10.1. The van der Waals surface area contributed by atoms with Gasteiger partial charge in [-0.1, -0.05) is 0 Å². The normalized spacial score (nSPS) is 20.5. The zero-order valence-electron chi connectivity index (χ0n) is 9.66. The van der Waals surface area contributed by atoms with E-state index in [9.17, 15) is 0 Å². The number of nitrogens with one attached hydrogen (secondary N) is 1. The second-order valence-electron chi connectivity index (χ2n) is 3.73. The van der Waals surface area contributed by atoms with E-state index in [0.717, 1.165) is 30.2 Å². The number of hydrogen-bond acceptors (Lipinski definition) is 4. The average molecular weight is 223 g/mol. The maximum absolute atomic E-state index is 5.44. The molecule has 1 heterocycles. The monoisotopic (exact) mass is 223 g/mol. The standard InChI is InChI=1S/C12H17NO3/c1-14-10-5-9(6-11(7-10)15-2)12-8-16-4-3-13-12/h5-7,12-13H,3-4,8H2,1-2H3. The molecule has 1 N–H and O–H groups in total. The van der Waals surface area contributed by atoms with Crippen LogP contribution in [0.2, 0.25) is 0 Å². The van der Waals surface area contributed by atoms with E-state index in [4.69, 9.17) is 14.2 Å². The minimum absolute atomic E-state index is 0.220. The van der Waals surface area contributed by atoms with Crippen LogP contribution in [0.15, 0.2) is 18.2 Å². The van der Waals surface area contributed by atoms with Crippen molar-refractivity contribution in [3.05, 3.63) is 23.8 Å². The van der Waals surface area contributed by atoms with E-state index in [0.29, 0.717) is 6.61 Å². The van der Waals surface area contributed by atoms with Gasteiger partial charge in [-0.2, -0.15) is 0 Å². The predicted octanol–water partition coefficient (Wildman–Crippen LogP) is 1.36. The number of ether oxygens (including phenoxy) is 3. The SMILES string of the molecule is COc1cc(OC)cc(C2COCCN2)c1. The van der Waals surface area contributed by atoms with Crippen molar-refractivity contribution < 1.29 is 14.2 Å². The molecule has 4 heteroatoms. The van der Waals surface area contributed by atoms with Crippen molar-refractivity contribution in [3.8, 4) is 11.5 Å². The Balaban J connectivity index is 2.24. The lowest BCUT2D eigenvalue weighted by Crippen LogP contribution is -2.34. The maximum Gasteiger partial charge on any atom is 0.122 e. The molecule has 0 radical (unpaired) electrons. The molecule has 4 nitrogen and oxygen atoms in total. The zero-order valence-corrected chi connectivity index (χ0v) is 9.66. The summed E-state index contributed by atoms with van der Waals surface area (Å²) in [6, 6.07) is 6.11. The quantitative estimate of drug-likeness (QED) is 0.840. The second kappa shape index (κ2) is 5.18. The third-order valence-electron chi connectivity index (χ3n) is 2.70. The van der Waals surface area contributed by atoms with Gasteiger partial charge in [-0.15, -0.1) is 0 Å². The molecule has 1 aliphatic heterocycles. The fourth-order valence-corrected chi connectivity index (χ4v) is 1.81. The first-order valence-electron chi connectivity index (χ1n) is 5.37. The summed E-state index contributed by atoms with van der Waals surface area (Å²) in [6.07, 6.45) is 0. The highest BCUT2D eigenvalue weighted by molar-refractivity contribution is 5.40. The minimum Gasteiger partial charge on any atom is -0.497 e. The molecule has 0 aliphatic carbocycles. The smallest absolute Gasteiger partial charge is 0.122 e. The Hall–Kier alpha value is -1.26. The van der Waals surface area contributed by atoms with Crippen LogP contribution in [0.25, 0.3) is 0 Å². The van der Waals surface area contributed by atoms with E-state index in [2.05, 4.69) is 5.32 Å². The van der Waals surface area contributed by atoms with Gasteiger partial charge in [0.15, 0.2) is 0 Å². The molecule has 1 aromatic rings. The fourth-order valence-electron chi connectivity index (χ4n) is 1.81. The third kappa shape index (κ3) is 2.46. The van der Waals surface area contributed by atoms with Gasteiger partial charge in [0.05, 0.1) is 33.5 Å². The molecule has 1 unspecified atom stereocenters. The van der Waals surface area contributed by atoms with Crippen molar-refractivity contribution >= 4 is 0 Å². The molecule has 0 spiro atoms. The lowest BCUT2D eigenvalue weighted by Gasteiger charge is -2.24. The summed E-state index contributed by atoms with van der Waals surface area (Å²) in [4.78, 5) is 0. The summed E-state index contributed by atoms with van der Waals surface area (Å²) in [5.41, 5.74) is 1.14. The van der Waals surface area contributed by atoms with Gasteiger partial charge in [-0.3, -0.25) is 0 Å². The van der Waals surface area contributed by atoms with Crippen molar-refractivity contribution in [1.29, 1.82) is 0 Å². The highest BCUT2D eigenvalue weighted by Crippen LogP contribution is 2.27. The van der Waals surface area contributed by atoms with Crippen LogP contribution < -0.4 is 14.8 Å². The summed E-state index contributed by atoms with van der Waals surface area (Å²) in [7, 11) is 3.31. The molecule has 1 atom stereocenters. The zero-order chi connectivity index (χ0) is 11.4. The highest BCUT2D eigenvalue weighted by atomic mass is 16.5. The van der Waals surface area contributed by atoms with Crippen LogP contribution in [0.3, 0.4) is 0 Å². The predicted molar refractivity (Wildman–Crippen MR) is 61.1 cm³/mol. The van der Waals surface area contributed by atoms with Gasteiger partial charge in [0.25, 0.3) is 0 Å². The molecule has 0 bridgehead atoms.